The quantitative estimate of drug-likeness (QED) is 0.290. The summed E-state index contributed by atoms with van der Waals surface area (Å²) in [6, 6.07) is 18.9. The average Bonchev–Trinajstić information content (AvgIpc) is 3.00. The Morgan fingerprint density at radius 3 is 2.00 bits per heavy atom. The second-order valence-electron chi connectivity index (χ2n) is 10.0. The number of aliphatic hydroxyl groups is 2. The summed E-state index contributed by atoms with van der Waals surface area (Å²) in [5.41, 5.74) is 3.34. The molecule has 0 radical (unpaired) electrons. The lowest BCUT2D eigenvalue weighted by Crippen LogP contribution is -2.48. The molecule has 2 amide bonds. The van der Waals surface area contributed by atoms with Crippen LogP contribution in [0.3, 0.4) is 0 Å². The lowest BCUT2D eigenvalue weighted by atomic mass is 10.1. The van der Waals surface area contributed by atoms with Crippen LogP contribution in [0.15, 0.2) is 72.8 Å². The fourth-order valence-electron chi connectivity index (χ4n) is 4.50. The third-order valence-electron chi connectivity index (χ3n) is 6.87. The number of benzene rings is 3. The number of aliphatic hydroxyl groups excluding tert-OH is 2. The first-order valence-corrected chi connectivity index (χ1v) is 13.6. The SMILES string of the molecule is C[C@@H](O)[C@H](NC(=O)c1ccc(C#Cc2ccc(NC(=O)CN3CCN(c4ccc(F)cc4)CC3)cc2)cc1)C(=O)CO. The van der Waals surface area contributed by atoms with Gasteiger partial charge in [-0.1, -0.05) is 11.8 Å². The van der Waals surface area contributed by atoms with Crippen molar-refractivity contribution < 1.29 is 29.0 Å². The summed E-state index contributed by atoms with van der Waals surface area (Å²) < 4.78 is 13.2. The maximum Gasteiger partial charge on any atom is 0.251 e. The van der Waals surface area contributed by atoms with E-state index in [4.69, 9.17) is 5.11 Å². The number of nitrogens with zero attached hydrogens (tertiary/aromatic N) is 2. The minimum Gasteiger partial charge on any atom is -0.391 e. The van der Waals surface area contributed by atoms with Crippen molar-refractivity contribution in [2.24, 2.45) is 0 Å². The van der Waals surface area contributed by atoms with Gasteiger partial charge in [0.25, 0.3) is 5.91 Å². The van der Waals surface area contributed by atoms with E-state index in [2.05, 4.69) is 32.3 Å². The van der Waals surface area contributed by atoms with Crippen molar-refractivity contribution in [3.8, 4) is 11.8 Å². The van der Waals surface area contributed by atoms with E-state index in [0.717, 1.165) is 37.4 Å². The summed E-state index contributed by atoms with van der Waals surface area (Å²) in [5, 5.41) is 24.1. The van der Waals surface area contributed by atoms with E-state index in [1.165, 1.54) is 19.1 Å². The van der Waals surface area contributed by atoms with Crippen molar-refractivity contribution in [3.63, 3.8) is 0 Å². The zero-order valence-electron chi connectivity index (χ0n) is 23.2. The van der Waals surface area contributed by atoms with Crippen LogP contribution >= 0.6 is 0 Å². The Labute approximate surface area is 244 Å². The number of hydrogen-bond donors (Lipinski definition) is 4. The lowest BCUT2D eigenvalue weighted by molar-refractivity contribution is -0.126. The van der Waals surface area contributed by atoms with E-state index in [1.54, 1.807) is 60.7 Å². The second-order valence-corrected chi connectivity index (χ2v) is 10.0. The number of amides is 2. The second kappa shape index (κ2) is 14.4. The summed E-state index contributed by atoms with van der Waals surface area (Å²) in [6.45, 7) is 3.85. The smallest absolute Gasteiger partial charge is 0.251 e. The third-order valence-corrected chi connectivity index (χ3v) is 6.87. The number of anilines is 2. The zero-order chi connectivity index (χ0) is 30.1. The molecule has 4 N–H and O–H groups in total. The molecule has 0 unspecified atom stereocenters. The van der Waals surface area contributed by atoms with Gasteiger partial charge in [-0.25, -0.2) is 4.39 Å². The van der Waals surface area contributed by atoms with Crippen LogP contribution in [-0.2, 0) is 9.59 Å². The molecule has 1 saturated heterocycles. The molecule has 218 valence electrons. The van der Waals surface area contributed by atoms with Crippen LogP contribution in [0.25, 0.3) is 0 Å². The molecular formula is C32H33FN4O5. The van der Waals surface area contributed by atoms with Gasteiger partial charge in [0.1, 0.15) is 18.5 Å². The van der Waals surface area contributed by atoms with Crippen molar-refractivity contribution in [2.45, 2.75) is 19.1 Å². The largest absolute Gasteiger partial charge is 0.391 e. The number of Topliss-reactive ketones (excluding diaryl/α,β-unsaturated/α-hetero) is 1. The van der Waals surface area contributed by atoms with E-state index in [9.17, 15) is 23.9 Å². The third kappa shape index (κ3) is 8.47. The van der Waals surface area contributed by atoms with E-state index in [0.29, 0.717) is 11.3 Å². The molecule has 3 aromatic carbocycles. The highest BCUT2D eigenvalue weighted by atomic mass is 19.1. The molecule has 1 fully saturated rings. The Morgan fingerprint density at radius 1 is 0.881 bits per heavy atom. The molecule has 0 spiro atoms. The van der Waals surface area contributed by atoms with Crippen LogP contribution in [0.1, 0.15) is 28.4 Å². The molecule has 9 nitrogen and oxygen atoms in total. The van der Waals surface area contributed by atoms with Gasteiger partial charge < -0.3 is 25.7 Å². The molecule has 10 heteroatoms. The minimum atomic E-state index is -1.19. The molecular weight excluding hydrogens is 539 g/mol. The number of carbonyl (C=O) groups is 3. The van der Waals surface area contributed by atoms with E-state index in [1.807, 2.05) is 0 Å². The normalized spacial score (nSPS) is 14.7. The number of rotatable bonds is 9. The van der Waals surface area contributed by atoms with Crippen LogP contribution in [0.4, 0.5) is 15.8 Å². The first kappa shape index (κ1) is 30.4. The number of halogens is 1. The van der Waals surface area contributed by atoms with Crippen LogP contribution in [-0.4, -0.2) is 84.2 Å². The van der Waals surface area contributed by atoms with Crippen LogP contribution in [0.2, 0.25) is 0 Å². The molecule has 3 aromatic rings. The molecule has 4 rings (SSSR count). The molecule has 0 saturated carbocycles. The molecule has 42 heavy (non-hydrogen) atoms. The Kier molecular flexibility index (Phi) is 10.4. The van der Waals surface area contributed by atoms with Crippen molar-refractivity contribution >= 4 is 29.0 Å². The summed E-state index contributed by atoms with van der Waals surface area (Å²) in [7, 11) is 0. The fraction of sp³-hybridized carbons (Fsp3) is 0.281. The Bertz CT molecular complexity index is 1440. The van der Waals surface area contributed by atoms with Crippen LogP contribution in [0, 0.1) is 17.7 Å². The van der Waals surface area contributed by atoms with Crippen LogP contribution < -0.4 is 15.5 Å². The number of ketones is 1. The standard InChI is InChI=1S/C32H33FN4O5/c1-22(39)31(29(40)21-38)35-32(42)25-8-4-23(5-9-25)2-3-24-6-12-27(13-7-24)34-30(41)20-36-16-18-37(19-17-36)28-14-10-26(33)11-15-28/h4-15,22,31,38-39H,16-21H2,1H3,(H,34,41)(H,35,42)/t22-,31+/m1/s1. The topological polar surface area (TPSA) is 122 Å². The van der Waals surface area contributed by atoms with Crippen molar-refractivity contribution in [3.05, 3.63) is 95.3 Å². The van der Waals surface area contributed by atoms with Gasteiger partial charge in [-0.3, -0.25) is 19.3 Å². The Hall–Kier alpha value is -4.56. The van der Waals surface area contributed by atoms with Gasteiger partial charge in [0, 0.05) is 54.2 Å². The maximum atomic E-state index is 13.2. The molecule has 1 aliphatic heterocycles. The number of hydrogen-bond acceptors (Lipinski definition) is 7. The maximum absolute atomic E-state index is 13.2. The lowest BCUT2D eigenvalue weighted by Gasteiger charge is -2.35. The first-order valence-electron chi connectivity index (χ1n) is 13.6. The Morgan fingerprint density at radius 2 is 1.45 bits per heavy atom. The molecule has 1 aliphatic rings. The average molecular weight is 573 g/mol. The first-order chi connectivity index (χ1) is 20.2. The number of carbonyl (C=O) groups excluding carboxylic acids is 3. The van der Waals surface area contributed by atoms with Crippen molar-refractivity contribution in [1.82, 2.24) is 10.2 Å². The highest BCUT2D eigenvalue weighted by molar-refractivity contribution is 5.98. The van der Waals surface area contributed by atoms with Gasteiger partial charge in [0.15, 0.2) is 5.78 Å². The highest BCUT2D eigenvalue weighted by Crippen LogP contribution is 2.17. The zero-order valence-corrected chi connectivity index (χ0v) is 23.2. The minimum absolute atomic E-state index is 0.103. The predicted octanol–water partition coefficient (Wildman–Crippen LogP) is 2.03. The summed E-state index contributed by atoms with van der Waals surface area (Å²) >= 11 is 0. The van der Waals surface area contributed by atoms with Gasteiger partial charge in [-0.2, -0.15) is 0 Å². The molecule has 0 bridgehead atoms. The van der Waals surface area contributed by atoms with Gasteiger partial charge in [0.05, 0.1) is 12.6 Å². The molecule has 1 heterocycles. The monoisotopic (exact) mass is 572 g/mol. The molecule has 0 aromatic heterocycles. The fourth-order valence-corrected chi connectivity index (χ4v) is 4.50. The van der Waals surface area contributed by atoms with Gasteiger partial charge in [-0.05, 0) is 79.7 Å². The van der Waals surface area contributed by atoms with E-state index < -0.39 is 30.4 Å². The predicted molar refractivity (Wildman–Crippen MR) is 158 cm³/mol. The van der Waals surface area contributed by atoms with Crippen molar-refractivity contribution in [1.29, 1.82) is 0 Å². The summed E-state index contributed by atoms with van der Waals surface area (Å²) in [5.74, 6) is 4.48. The molecule has 0 aliphatic carbocycles. The summed E-state index contributed by atoms with van der Waals surface area (Å²) in [4.78, 5) is 41.0. The van der Waals surface area contributed by atoms with Crippen LogP contribution in [0.5, 0.6) is 0 Å². The highest BCUT2D eigenvalue weighted by Gasteiger charge is 2.25. The Balaban J connectivity index is 1.24. The van der Waals surface area contributed by atoms with Crippen molar-refractivity contribution in [2.75, 3.05) is 49.5 Å². The number of piperazine rings is 1. The van der Waals surface area contributed by atoms with Gasteiger partial charge >= 0.3 is 0 Å². The van der Waals surface area contributed by atoms with Gasteiger partial charge in [0.2, 0.25) is 5.91 Å². The summed E-state index contributed by atoms with van der Waals surface area (Å²) in [6.07, 6.45) is -1.14. The van der Waals surface area contributed by atoms with Gasteiger partial charge in [-0.15, -0.1) is 0 Å². The van der Waals surface area contributed by atoms with E-state index in [-0.39, 0.29) is 23.8 Å². The van der Waals surface area contributed by atoms with E-state index >= 15 is 0 Å². The molecule has 2 atom stereocenters. The number of nitrogens with one attached hydrogen (secondary N) is 2.